The lowest BCUT2D eigenvalue weighted by Crippen LogP contribution is -2.28. The molecule has 3 heteroatoms. The van der Waals surface area contributed by atoms with E-state index >= 15 is 0 Å². The summed E-state index contributed by atoms with van der Waals surface area (Å²) < 4.78 is 10.9. The van der Waals surface area contributed by atoms with Crippen molar-refractivity contribution in [3.05, 3.63) is 0 Å². The second kappa shape index (κ2) is 9.13. The highest BCUT2D eigenvalue weighted by Crippen LogP contribution is 2.15. The zero-order valence-corrected chi connectivity index (χ0v) is 9.96. The molecule has 1 saturated heterocycles. The summed E-state index contributed by atoms with van der Waals surface area (Å²) in [6.45, 7) is 7.76. The minimum atomic E-state index is 0.750. The van der Waals surface area contributed by atoms with Crippen molar-refractivity contribution in [1.82, 2.24) is 5.32 Å². The molecular weight excluding hydrogens is 190 g/mol. The van der Waals surface area contributed by atoms with Crippen molar-refractivity contribution >= 4 is 0 Å². The molecular formula is C12H25NO2. The monoisotopic (exact) mass is 215 g/mol. The standard InChI is InChI=1S/C12H25NO2/c1-2-8-14-10-11-15-9-5-12-3-6-13-7-4-12/h12-13H,2-11H2,1H3. The number of hydrogen-bond acceptors (Lipinski definition) is 3. The predicted molar refractivity (Wildman–Crippen MR) is 62.1 cm³/mol. The number of nitrogens with one attached hydrogen (secondary N) is 1. The van der Waals surface area contributed by atoms with E-state index in [1.807, 2.05) is 0 Å². The molecule has 0 bridgehead atoms. The number of rotatable bonds is 8. The fourth-order valence-electron chi connectivity index (χ4n) is 1.89. The zero-order valence-electron chi connectivity index (χ0n) is 9.96. The fraction of sp³-hybridized carbons (Fsp3) is 1.00. The van der Waals surface area contributed by atoms with E-state index in [0.717, 1.165) is 38.8 Å². The van der Waals surface area contributed by atoms with Crippen LogP contribution < -0.4 is 5.32 Å². The highest BCUT2D eigenvalue weighted by molar-refractivity contribution is 4.67. The van der Waals surface area contributed by atoms with E-state index in [0.29, 0.717) is 0 Å². The third kappa shape index (κ3) is 6.88. The van der Waals surface area contributed by atoms with Gasteiger partial charge in [0.25, 0.3) is 0 Å². The van der Waals surface area contributed by atoms with Crippen LogP contribution in [-0.2, 0) is 9.47 Å². The van der Waals surface area contributed by atoms with Gasteiger partial charge in [-0.2, -0.15) is 0 Å². The van der Waals surface area contributed by atoms with Crippen molar-refractivity contribution in [2.75, 3.05) is 39.5 Å². The molecule has 1 N–H and O–H groups in total. The van der Waals surface area contributed by atoms with E-state index in [4.69, 9.17) is 9.47 Å². The maximum Gasteiger partial charge on any atom is 0.0700 e. The van der Waals surface area contributed by atoms with Crippen molar-refractivity contribution in [3.8, 4) is 0 Å². The van der Waals surface area contributed by atoms with Crippen molar-refractivity contribution in [2.24, 2.45) is 5.92 Å². The Balaban J connectivity index is 1.79. The predicted octanol–water partition coefficient (Wildman–Crippen LogP) is 1.82. The maximum absolute atomic E-state index is 5.54. The van der Waals surface area contributed by atoms with Crippen LogP contribution in [0.5, 0.6) is 0 Å². The Labute approximate surface area is 93.5 Å². The Kier molecular flexibility index (Phi) is 7.88. The van der Waals surface area contributed by atoms with Crippen molar-refractivity contribution in [1.29, 1.82) is 0 Å². The molecule has 0 saturated carbocycles. The average Bonchev–Trinajstić information content (AvgIpc) is 2.29. The summed E-state index contributed by atoms with van der Waals surface area (Å²) in [5, 5.41) is 3.38. The molecule has 0 aromatic heterocycles. The van der Waals surface area contributed by atoms with Gasteiger partial charge in [-0.05, 0) is 44.7 Å². The molecule has 1 fully saturated rings. The summed E-state index contributed by atoms with van der Waals surface area (Å²) >= 11 is 0. The lowest BCUT2D eigenvalue weighted by atomic mass is 9.95. The molecule has 15 heavy (non-hydrogen) atoms. The van der Waals surface area contributed by atoms with Crippen LogP contribution >= 0.6 is 0 Å². The van der Waals surface area contributed by atoms with E-state index in [9.17, 15) is 0 Å². The second-order valence-electron chi connectivity index (χ2n) is 4.21. The molecule has 0 radical (unpaired) electrons. The van der Waals surface area contributed by atoms with Crippen LogP contribution in [-0.4, -0.2) is 39.5 Å². The van der Waals surface area contributed by atoms with E-state index in [2.05, 4.69) is 12.2 Å². The molecule has 0 atom stereocenters. The molecule has 1 heterocycles. The average molecular weight is 215 g/mol. The molecule has 1 rings (SSSR count). The lowest BCUT2D eigenvalue weighted by Gasteiger charge is -2.22. The first kappa shape index (κ1) is 12.9. The van der Waals surface area contributed by atoms with Gasteiger partial charge in [0, 0.05) is 13.2 Å². The van der Waals surface area contributed by atoms with Crippen LogP contribution in [0.4, 0.5) is 0 Å². The van der Waals surface area contributed by atoms with Crippen molar-refractivity contribution in [3.63, 3.8) is 0 Å². The summed E-state index contributed by atoms with van der Waals surface area (Å²) in [7, 11) is 0. The van der Waals surface area contributed by atoms with Crippen LogP contribution in [0.2, 0.25) is 0 Å². The SMILES string of the molecule is CCCOCCOCCC1CCNCC1. The quantitative estimate of drug-likeness (QED) is 0.627. The van der Waals surface area contributed by atoms with Crippen LogP contribution in [0.15, 0.2) is 0 Å². The summed E-state index contributed by atoms with van der Waals surface area (Å²) in [5.74, 6) is 0.878. The second-order valence-corrected chi connectivity index (χ2v) is 4.21. The van der Waals surface area contributed by atoms with Gasteiger partial charge < -0.3 is 14.8 Å². The topological polar surface area (TPSA) is 30.5 Å². The summed E-state index contributed by atoms with van der Waals surface area (Å²) in [4.78, 5) is 0. The number of ether oxygens (including phenoxy) is 2. The fourth-order valence-corrected chi connectivity index (χ4v) is 1.89. The molecule has 0 spiro atoms. The number of piperidine rings is 1. The van der Waals surface area contributed by atoms with Gasteiger partial charge in [-0.1, -0.05) is 6.92 Å². The molecule has 1 aliphatic heterocycles. The minimum absolute atomic E-state index is 0.750. The smallest absolute Gasteiger partial charge is 0.0700 e. The third-order valence-electron chi connectivity index (χ3n) is 2.85. The molecule has 0 aliphatic carbocycles. The van der Waals surface area contributed by atoms with Gasteiger partial charge in [0.05, 0.1) is 13.2 Å². The van der Waals surface area contributed by atoms with Gasteiger partial charge in [0.1, 0.15) is 0 Å². The van der Waals surface area contributed by atoms with Gasteiger partial charge in [-0.25, -0.2) is 0 Å². The van der Waals surface area contributed by atoms with Gasteiger partial charge in [0.15, 0.2) is 0 Å². The van der Waals surface area contributed by atoms with Gasteiger partial charge in [-0.15, -0.1) is 0 Å². The Morgan fingerprint density at radius 3 is 2.33 bits per heavy atom. The van der Waals surface area contributed by atoms with Crippen LogP contribution in [0, 0.1) is 5.92 Å². The summed E-state index contributed by atoms with van der Waals surface area (Å²) in [5.41, 5.74) is 0. The third-order valence-corrected chi connectivity index (χ3v) is 2.85. The molecule has 0 amide bonds. The summed E-state index contributed by atoms with van der Waals surface area (Å²) in [6.07, 6.45) is 4.94. The normalized spacial score (nSPS) is 18.2. The van der Waals surface area contributed by atoms with Crippen molar-refractivity contribution < 1.29 is 9.47 Å². The van der Waals surface area contributed by atoms with Gasteiger partial charge in [-0.3, -0.25) is 0 Å². The Morgan fingerprint density at radius 1 is 1.00 bits per heavy atom. The molecule has 90 valence electrons. The molecule has 0 unspecified atom stereocenters. The Hall–Kier alpha value is -0.120. The Morgan fingerprint density at radius 2 is 1.67 bits per heavy atom. The maximum atomic E-state index is 5.54. The van der Waals surface area contributed by atoms with Crippen LogP contribution in [0.1, 0.15) is 32.6 Å². The van der Waals surface area contributed by atoms with Gasteiger partial charge in [0.2, 0.25) is 0 Å². The molecule has 3 nitrogen and oxygen atoms in total. The first-order chi connectivity index (χ1) is 7.43. The largest absolute Gasteiger partial charge is 0.379 e. The van der Waals surface area contributed by atoms with E-state index in [-0.39, 0.29) is 0 Å². The Bertz CT molecular complexity index is 136. The van der Waals surface area contributed by atoms with E-state index < -0.39 is 0 Å². The zero-order chi connectivity index (χ0) is 10.8. The van der Waals surface area contributed by atoms with Crippen LogP contribution in [0.3, 0.4) is 0 Å². The van der Waals surface area contributed by atoms with Gasteiger partial charge >= 0.3 is 0 Å². The molecule has 1 aliphatic rings. The highest BCUT2D eigenvalue weighted by Gasteiger charge is 2.11. The van der Waals surface area contributed by atoms with Crippen molar-refractivity contribution in [2.45, 2.75) is 32.6 Å². The summed E-state index contributed by atoms with van der Waals surface area (Å²) in [6, 6.07) is 0. The van der Waals surface area contributed by atoms with Crippen LogP contribution in [0.25, 0.3) is 0 Å². The first-order valence-corrected chi connectivity index (χ1v) is 6.29. The minimum Gasteiger partial charge on any atom is -0.379 e. The lowest BCUT2D eigenvalue weighted by molar-refractivity contribution is 0.0417. The van der Waals surface area contributed by atoms with E-state index in [1.54, 1.807) is 0 Å². The highest BCUT2D eigenvalue weighted by atomic mass is 16.5. The molecule has 0 aromatic rings. The van der Waals surface area contributed by atoms with E-state index in [1.165, 1.54) is 32.4 Å². The molecule has 0 aromatic carbocycles. The number of hydrogen-bond donors (Lipinski definition) is 1. The first-order valence-electron chi connectivity index (χ1n) is 6.29.